The van der Waals surface area contributed by atoms with Crippen LogP contribution >= 0.6 is 0 Å². The number of nitrogens with one attached hydrogen (secondary N) is 2. The Morgan fingerprint density at radius 1 is 1.17 bits per heavy atom. The van der Waals surface area contributed by atoms with Crippen LogP contribution in [0, 0.1) is 0 Å². The van der Waals surface area contributed by atoms with Gasteiger partial charge in [0.2, 0.25) is 5.88 Å². The summed E-state index contributed by atoms with van der Waals surface area (Å²) in [5.74, 6) is 1.49. The summed E-state index contributed by atoms with van der Waals surface area (Å²) >= 11 is 0. The Hall–Kier alpha value is -2.60. The number of benzene rings is 1. The molecule has 0 amide bonds. The summed E-state index contributed by atoms with van der Waals surface area (Å²) in [4.78, 5) is 11.6. The highest BCUT2D eigenvalue weighted by Gasteiger charge is 2.22. The van der Waals surface area contributed by atoms with Gasteiger partial charge in [0.1, 0.15) is 6.61 Å². The van der Waals surface area contributed by atoms with Crippen LogP contribution in [0.15, 0.2) is 53.7 Å². The molecule has 2 heterocycles. The van der Waals surface area contributed by atoms with E-state index in [1.807, 2.05) is 42.5 Å². The van der Waals surface area contributed by atoms with Crippen molar-refractivity contribution in [3.63, 3.8) is 0 Å². The smallest absolute Gasteiger partial charge is 0.213 e. The summed E-state index contributed by atoms with van der Waals surface area (Å²) in [6.45, 7) is 9.52. The van der Waals surface area contributed by atoms with Crippen molar-refractivity contribution in [2.75, 3.05) is 26.2 Å². The predicted molar refractivity (Wildman–Crippen MR) is 118 cm³/mol. The third kappa shape index (κ3) is 6.75. The molecule has 0 aliphatic carbocycles. The molecule has 29 heavy (non-hydrogen) atoms. The van der Waals surface area contributed by atoms with E-state index in [1.165, 1.54) is 19.4 Å². The van der Waals surface area contributed by atoms with Gasteiger partial charge in [-0.15, -0.1) is 0 Å². The first kappa shape index (κ1) is 21.1. The fourth-order valence-corrected chi connectivity index (χ4v) is 3.63. The third-order valence-corrected chi connectivity index (χ3v) is 5.20. The molecule has 1 aromatic heterocycles. The highest BCUT2D eigenvalue weighted by atomic mass is 16.5. The van der Waals surface area contributed by atoms with Gasteiger partial charge < -0.3 is 15.4 Å². The van der Waals surface area contributed by atoms with E-state index in [2.05, 4.69) is 34.4 Å². The van der Waals surface area contributed by atoms with E-state index in [9.17, 15) is 0 Å². The lowest BCUT2D eigenvalue weighted by Crippen LogP contribution is -2.44. The SMILES string of the molecule is CCNC(=NCc1ccnc(OCc2ccccc2)c1)NCC1CCCN1CC. The zero-order chi connectivity index (χ0) is 20.3. The van der Waals surface area contributed by atoms with Crippen LogP contribution in [0.1, 0.15) is 37.8 Å². The zero-order valence-corrected chi connectivity index (χ0v) is 17.6. The maximum Gasteiger partial charge on any atom is 0.213 e. The lowest BCUT2D eigenvalue weighted by Gasteiger charge is -2.24. The van der Waals surface area contributed by atoms with Gasteiger partial charge in [-0.25, -0.2) is 9.98 Å². The van der Waals surface area contributed by atoms with Gasteiger partial charge in [-0.3, -0.25) is 4.90 Å². The number of aliphatic imine (C=N–C) groups is 1. The molecule has 1 aromatic carbocycles. The highest BCUT2D eigenvalue weighted by Crippen LogP contribution is 2.16. The number of ether oxygens (including phenoxy) is 1. The molecule has 2 aromatic rings. The van der Waals surface area contributed by atoms with Crippen molar-refractivity contribution >= 4 is 5.96 Å². The molecule has 6 nitrogen and oxygen atoms in total. The number of likely N-dealkylation sites (N-methyl/N-ethyl adjacent to an activating group) is 1. The third-order valence-electron chi connectivity index (χ3n) is 5.20. The number of aromatic nitrogens is 1. The molecule has 156 valence electrons. The lowest BCUT2D eigenvalue weighted by molar-refractivity contribution is 0.267. The highest BCUT2D eigenvalue weighted by molar-refractivity contribution is 5.79. The Balaban J connectivity index is 1.54. The summed E-state index contributed by atoms with van der Waals surface area (Å²) in [7, 11) is 0. The van der Waals surface area contributed by atoms with Gasteiger partial charge >= 0.3 is 0 Å². The van der Waals surface area contributed by atoms with Crippen molar-refractivity contribution in [2.24, 2.45) is 4.99 Å². The second kappa shape index (κ2) is 11.4. The molecule has 3 rings (SSSR count). The van der Waals surface area contributed by atoms with Crippen LogP contribution in [0.25, 0.3) is 0 Å². The number of nitrogens with zero attached hydrogens (tertiary/aromatic N) is 3. The molecular formula is C23H33N5O. The van der Waals surface area contributed by atoms with Gasteiger partial charge in [-0.05, 0) is 50.0 Å². The Labute approximate surface area is 174 Å². The first-order chi connectivity index (χ1) is 14.3. The van der Waals surface area contributed by atoms with Crippen LogP contribution in [-0.4, -0.2) is 48.1 Å². The van der Waals surface area contributed by atoms with Crippen LogP contribution in [0.5, 0.6) is 5.88 Å². The number of guanidine groups is 1. The Kier molecular flexibility index (Phi) is 8.31. The van der Waals surface area contributed by atoms with E-state index in [1.54, 1.807) is 6.20 Å². The lowest BCUT2D eigenvalue weighted by atomic mass is 10.2. The van der Waals surface area contributed by atoms with Crippen molar-refractivity contribution in [3.05, 3.63) is 59.8 Å². The molecule has 1 atom stereocenters. The van der Waals surface area contributed by atoms with Crippen molar-refractivity contribution in [1.82, 2.24) is 20.5 Å². The molecule has 0 radical (unpaired) electrons. The van der Waals surface area contributed by atoms with E-state index in [0.29, 0.717) is 25.1 Å². The minimum Gasteiger partial charge on any atom is -0.473 e. The second-order valence-corrected chi connectivity index (χ2v) is 7.28. The van der Waals surface area contributed by atoms with Crippen LogP contribution < -0.4 is 15.4 Å². The average Bonchev–Trinajstić information content (AvgIpc) is 3.23. The predicted octanol–water partition coefficient (Wildman–Crippen LogP) is 3.20. The van der Waals surface area contributed by atoms with Gasteiger partial charge in [-0.2, -0.15) is 0 Å². The molecule has 6 heteroatoms. The summed E-state index contributed by atoms with van der Waals surface area (Å²) in [5, 5.41) is 6.85. The summed E-state index contributed by atoms with van der Waals surface area (Å²) in [6, 6.07) is 14.7. The Bertz CT molecular complexity index is 765. The summed E-state index contributed by atoms with van der Waals surface area (Å²) < 4.78 is 5.83. The fraction of sp³-hybridized carbons (Fsp3) is 0.478. The van der Waals surface area contributed by atoms with E-state index < -0.39 is 0 Å². The van der Waals surface area contributed by atoms with Gasteiger partial charge in [0.15, 0.2) is 5.96 Å². The molecule has 1 unspecified atom stereocenters. The van der Waals surface area contributed by atoms with Crippen molar-refractivity contribution < 1.29 is 4.74 Å². The van der Waals surface area contributed by atoms with Gasteiger partial charge in [0.25, 0.3) is 0 Å². The van der Waals surface area contributed by atoms with Crippen molar-refractivity contribution in [3.8, 4) is 5.88 Å². The van der Waals surface area contributed by atoms with Gasteiger partial charge in [-0.1, -0.05) is 37.3 Å². The Morgan fingerprint density at radius 3 is 2.83 bits per heavy atom. The monoisotopic (exact) mass is 395 g/mol. The maximum atomic E-state index is 5.83. The Morgan fingerprint density at radius 2 is 2.03 bits per heavy atom. The second-order valence-electron chi connectivity index (χ2n) is 7.28. The number of hydrogen-bond donors (Lipinski definition) is 2. The van der Waals surface area contributed by atoms with Crippen molar-refractivity contribution in [1.29, 1.82) is 0 Å². The van der Waals surface area contributed by atoms with Crippen molar-refractivity contribution in [2.45, 2.75) is 45.9 Å². The quantitative estimate of drug-likeness (QED) is 0.504. The van der Waals surface area contributed by atoms with E-state index >= 15 is 0 Å². The number of rotatable bonds is 9. The van der Waals surface area contributed by atoms with Gasteiger partial charge in [0.05, 0.1) is 6.54 Å². The van der Waals surface area contributed by atoms with Crippen LogP contribution in [0.4, 0.5) is 0 Å². The molecule has 1 fully saturated rings. The minimum atomic E-state index is 0.514. The topological polar surface area (TPSA) is 61.8 Å². The largest absolute Gasteiger partial charge is 0.473 e. The molecule has 1 aliphatic heterocycles. The number of likely N-dealkylation sites (tertiary alicyclic amines) is 1. The van der Waals surface area contributed by atoms with Gasteiger partial charge in [0, 0.05) is 31.4 Å². The minimum absolute atomic E-state index is 0.514. The number of pyridine rings is 1. The van der Waals surface area contributed by atoms with Crippen LogP contribution in [0.2, 0.25) is 0 Å². The molecule has 0 spiro atoms. The molecule has 0 bridgehead atoms. The molecule has 1 aliphatic rings. The standard InChI is InChI=1S/C23H33N5O/c1-3-24-23(27-17-21-11-8-14-28(21)4-2)26-16-20-12-13-25-22(15-20)29-18-19-9-6-5-7-10-19/h5-7,9-10,12-13,15,21H,3-4,8,11,14,16-18H2,1-2H3,(H2,24,26,27). The first-order valence-corrected chi connectivity index (χ1v) is 10.7. The fourth-order valence-electron chi connectivity index (χ4n) is 3.63. The van der Waals surface area contributed by atoms with E-state index in [0.717, 1.165) is 36.7 Å². The molecule has 1 saturated heterocycles. The van der Waals surface area contributed by atoms with E-state index in [4.69, 9.17) is 9.73 Å². The summed E-state index contributed by atoms with van der Waals surface area (Å²) in [6.07, 6.45) is 4.33. The maximum absolute atomic E-state index is 5.83. The first-order valence-electron chi connectivity index (χ1n) is 10.7. The number of hydrogen-bond acceptors (Lipinski definition) is 4. The molecular weight excluding hydrogens is 362 g/mol. The average molecular weight is 396 g/mol. The summed E-state index contributed by atoms with van der Waals surface area (Å²) in [5.41, 5.74) is 2.21. The molecule has 0 saturated carbocycles. The van der Waals surface area contributed by atoms with E-state index in [-0.39, 0.29) is 0 Å². The van der Waals surface area contributed by atoms with Crippen LogP contribution in [-0.2, 0) is 13.2 Å². The zero-order valence-electron chi connectivity index (χ0n) is 17.6. The molecule has 2 N–H and O–H groups in total. The normalized spacial score (nSPS) is 17.3. The van der Waals surface area contributed by atoms with Crippen LogP contribution in [0.3, 0.4) is 0 Å².